The van der Waals surface area contributed by atoms with Crippen molar-refractivity contribution in [2.24, 2.45) is 0 Å². The lowest BCUT2D eigenvalue weighted by Crippen LogP contribution is -1.90. The molecular weight excluding hydrogens is 392 g/mol. The summed E-state index contributed by atoms with van der Waals surface area (Å²) < 4.78 is 11.7. The first-order valence-electron chi connectivity index (χ1n) is 11.5. The van der Waals surface area contributed by atoms with E-state index in [1.54, 1.807) is 0 Å². The van der Waals surface area contributed by atoms with Gasteiger partial charge in [0.15, 0.2) is 0 Å². The zero-order valence-corrected chi connectivity index (χ0v) is 18.5. The maximum absolute atomic E-state index is 5.86. The average Bonchev–Trinajstić information content (AvgIpc) is 2.85. The minimum atomic E-state index is 0.874. The van der Waals surface area contributed by atoms with Gasteiger partial charge in [0.25, 0.3) is 0 Å². The molecule has 0 amide bonds. The van der Waals surface area contributed by atoms with Crippen molar-refractivity contribution in [1.29, 1.82) is 0 Å². The lowest BCUT2D eigenvalue weighted by Gasteiger charge is -2.08. The Hall–Kier alpha value is -3.52. The summed E-state index contributed by atoms with van der Waals surface area (Å²) in [5.74, 6) is 3.53. The van der Waals surface area contributed by atoms with Crippen LogP contribution in [0.5, 0.6) is 23.0 Å². The SMILES string of the molecule is c1ccc(Oc2ccc(CCCCCCc3ccc(Oc4ccccc4)cc3)cc2)cc1. The fourth-order valence-electron chi connectivity index (χ4n) is 3.71. The monoisotopic (exact) mass is 422 g/mol. The molecule has 4 rings (SSSR count). The quantitative estimate of drug-likeness (QED) is 0.225. The number of aryl methyl sites for hydroxylation is 2. The van der Waals surface area contributed by atoms with E-state index in [2.05, 4.69) is 48.5 Å². The van der Waals surface area contributed by atoms with Crippen molar-refractivity contribution in [2.45, 2.75) is 38.5 Å². The first-order chi connectivity index (χ1) is 15.8. The molecule has 0 aliphatic heterocycles. The highest BCUT2D eigenvalue weighted by atomic mass is 16.5. The van der Waals surface area contributed by atoms with Gasteiger partial charge in [0.1, 0.15) is 23.0 Å². The summed E-state index contributed by atoms with van der Waals surface area (Å²) in [5.41, 5.74) is 2.75. The fraction of sp³-hybridized carbons (Fsp3) is 0.200. The molecule has 32 heavy (non-hydrogen) atoms. The van der Waals surface area contributed by atoms with Crippen molar-refractivity contribution in [3.63, 3.8) is 0 Å². The molecule has 0 fully saturated rings. The molecule has 0 unspecified atom stereocenters. The Morgan fingerprint density at radius 2 is 0.688 bits per heavy atom. The number of rotatable bonds is 11. The van der Waals surface area contributed by atoms with Gasteiger partial charge in [-0.3, -0.25) is 0 Å². The van der Waals surface area contributed by atoms with Gasteiger partial charge in [-0.25, -0.2) is 0 Å². The Labute approximate surface area is 191 Å². The molecule has 0 bridgehead atoms. The summed E-state index contributed by atoms with van der Waals surface area (Å²) in [7, 11) is 0. The predicted octanol–water partition coefficient (Wildman–Crippen LogP) is 8.62. The molecule has 0 aromatic heterocycles. The molecule has 0 heterocycles. The number of benzene rings is 4. The van der Waals surface area contributed by atoms with Crippen LogP contribution in [0.4, 0.5) is 0 Å². The van der Waals surface area contributed by atoms with E-state index in [1.165, 1.54) is 36.8 Å². The molecule has 0 saturated carbocycles. The predicted molar refractivity (Wildman–Crippen MR) is 132 cm³/mol. The number of unbranched alkanes of at least 4 members (excludes halogenated alkanes) is 3. The van der Waals surface area contributed by atoms with Crippen molar-refractivity contribution < 1.29 is 9.47 Å². The lowest BCUT2D eigenvalue weighted by molar-refractivity contribution is 0.482. The van der Waals surface area contributed by atoms with Gasteiger partial charge >= 0.3 is 0 Å². The van der Waals surface area contributed by atoms with Crippen LogP contribution in [0.25, 0.3) is 0 Å². The van der Waals surface area contributed by atoms with E-state index >= 15 is 0 Å². The highest BCUT2D eigenvalue weighted by Gasteiger charge is 2.00. The van der Waals surface area contributed by atoms with Gasteiger partial charge in [-0.1, -0.05) is 73.5 Å². The zero-order valence-electron chi connectivity index (χ0n) is 18.5. The molecule has 2 nitrogen and oxygen atoms in total. The maximum Gasteiger partial charge on any atom is 0.127 e. The van der Waals surface area contributed by atoms with Crippen molar-refractivity contribution in [2.75, 3.05) is 0 Å². The molecule has 2 heteroatoms. The topological polar surface area (TPSA) is 18.5 Å². The van der Waals surface area contributed by atoms with Gasteiger partial charge in [0.2, 0.25) is 0 Å². The third-order valence-electron chi connectivity index (χ3n) is 5.49. The smallest absolute Gasteiger partial charge is 0.127 e. The molecule has 0 atom stereocenters. The van der Waals surface area contributed by atoms with Crippen molar-refractivity contribution in [1.82, 2.24) is 0 Å². The second-order valence-electron chi connectivity index (χ2n) is 8.03. The van der Waals surface area contributed by atoms with Crippen molar-refractivity contribution in [3.05, 3.63) is 120 Å². The van der Waals surface area contributed by atoms with Gasteiger partial charge in [0, 0.05) is 0 Å². The van der Waals surface area contributed by atoms with E-state index in [1.807, 2.05) is 60.7 Å². The molecule has 4 aromatic carbocycles. The second kappa shape index (κ2) is 11.8. The molecule has 0 aliphatic carbocycles. The van der Waals surface area contributed by atoms with Crippen LogP contribution in [-0.2, 0) is 12.8 Å². The van der Waals surface area contributed by atoms with Crippen LogP contribution >= 0.6 is 0 Å². The fourth-order valence-corrected chi connectivity index (χ4v) is 3.71. The van der Waals surface area contributed by atoms with Gasteiger partial charge < -0.3 is 9.47 Å². The minimum Gasteiger partial charge on any atom is -0.457 e. The van der Waals surface area contributed by atoms with Crippen LogP contribution in [0.2, 0.25) is 0 Å². The third-order valence-corrected chi connectivity index (χ3v) is 5.49. The van der Waals surface area contributed by atoms with Crippen LogP contribution in [-0.4, -0.2) is 0 Å². The summed E-state index contributed by atoms with van der Waals surface area (Å²) in [6, 6.07) is 36.8. The van der Waals surface area contributed by atoms with E-state index in [0.29, 0.717) is 0 Å². The third kappa shape index (κ3) is 7.02. The zero-order chi connectivity index (χ0) is 21.8. The summed E-state index contributed by atoms with van der Waals surface area (Å²) in [4.78, 5) is 0. The maximum atomic E-state index is 5.86. The van der Waals surface area contributed by atoms with Crippen LogP contribution in [0.3, 0.4) is 0 Å². The molecule has 0 radical (unpaired) electrons. The molecule has 0 saturated heterocycles. The first-order valence-corrected chi connectivity index (χ1v) is 11.5. The van der Waals surface area contributed by atoms with Gasteiger partial charge in [0.05, 0.1) is 0 Å². The van der Waals surface area contributed by atoms with Crippen LogP contribution in [0.15, 0.2) is 109 Å². The summed E-state index contributed by atoms with van der Waals surface area (Å²) >= 11 is 0. The van der Waals surface area contributed by atoms with E-state index in [9.17, 15) is 0 Å². The number of hydrogen-bond donors (Lipinski definition) is 0. The number of ether oxygens (including phenoxy) is 2. The molecular formula is C30H30O2. The first kappa shape index (κ1) is 21.7. The summed E-state index contributed by atoms with van der Waals surface area (Å²) in [5, 5.41) is 0. The van der Waals surface area contributed by atoms with Crippen LogP contribution in [0.1, 0.15) is 36.8 Å². The van der Waals surface area contributed by atoms with E-state index in [0.717, 1.165) is 35.8 Å². The Morgan fingerprint density at radius 3 is 1.06 bits per heavy atom. The van der Waals surface area contributed by atoms with Crippen molar-refractivity contribution >= 4 is 0 Å². The molecule has 0 N–H and O–H groups in total. The van der Waals surface area contributed by atoms with Gasteiger partial charge in [-0.2, -0.15) is 0 Å². The number of hydrogen-bond acceptors (Lipinski definition) is 2. The minimum absolute atomic E-state index is 0.874. The highest BCUT2D eigenvalue weighted by Crippen LogP contribution is 2.23. The Balaban J connectivity index is 1.11. The van der Waals surface area contributed by atoms with Crippen LogP contribution in [0, 0.1) is 0 Å². The second-order valence-corrected chi connectivity index (χ2v) is 8.03. The average molecular weight is 423 g/mol. The van der Waals surface area contributed by atoms with E-state index < -0.39 is 0 Å². The highest BCUT2D eigenvalue weighted by molar-refractivity contribution is 5.34. The Bertz CT molecular complexity index is 951. The molecule has 4 aromatic rings. The van der Waals surface area contributed by atoms with Crippen molar-refractivity contribution in [3.8, 4) is 23.0 Å². The Kier molecular flexibility index (Phi) is 7.97. The van der Waals surface area contributed by atoms with E-state index in [4.69, 9.17) is 9.47 Å². The summed E-state index contributed by atoms with van der Waals surface area (Å²) in [6.07, 6.45) is 7.22. The number of para-hydroxylation sites is 2. The normalized spacial score (nSPS) is 10.6. The summed E-state index contributed by atoms with van der Waals surface area (Å²) in [6.45, 7) is 0. The van der Waals surface area contributed by atoms with Crippen LogP contribution < -0.4 is 9.47 Å². The Morgan fingerprint density at radius 1 is 0.344 bits per heavy atom. The molecule has 0 spiro atoms. The molecule has 162 valence electrons. The van der Waals surface area contributed by atoms with Gasteiger partial charge in [-0.15, -0.1) is 0 Å². The molecule has 0 aliphatic rings. The lowest BCUT2D eigenvalue weighted by atomic mass is 10.0. The largest absolute Gasteiger partial charge is 0.457 e. The standard InChI is InChI=1S/C30H30O2/c1(5-11-25-17-21-29(22-18-25)31-27-13-7-3-8-14-27)2-6-12-26-19-23-30(24-20-26)32-28-15-9-4-10-16-28/h3-4,7-10,13-24H,1-2,5-6,11-12H2. The van der Waals surface area contributed by atoms with Gasteiger partial charge in [-0.05, 0) is 85.3 Å². The van der Waals surface area contributed by atoms with E-state index in [-0.39, 0.29) is 0 Å².